The maximum absolute atomic E-state index is 2.29. The maximum Gasteiger partial charge on any atom is -0.0105 e. The van der Waals surface area contributed by atoms with Crippen molar-refractivity contribution in [1.82, 2.24) is 0 Å². The molecule has 0 unspecified atom stereocenters. The summed E-state index contributed by atoms with van der Waals surface area (Å²) in [5, 5.41) is 5.27. The van der Waals surface area contributed by atoms with Gasteiger partial charge < -0.3 is 0 Å². The predicted octanol–water partition coefficient (Wildman–Crippen LogP) is 8.27. The van der Waals surface area contributed by atoms with Crippen LogP contribution in [0, 0.1) is 20.8 Å². The lowest BCUT2D eigenvalue weighted by molar-refractivity contribution is 1.47. The second kappa shape index (κ2) is 8.32. The first kappa shape index (κ1) is 19.0. The molecule has 0 nitrogen and oxygen atoms in total. The second-order valence-electron chi connectivity index (χ2n) is 7.75. The lowest BCUT2D eigenvalue weighted by atomic mass is 9.96. The zero-order valence-corrected chi connectivity index (χ0v) is 17.3. The fourth-order valence-electron chi connectivity index (χ4n) is 3.65. The van der Waals surface area contributed by atoms with Crippen molar-refractivity contribution in [1.29, 1.82) is 0 Å². The van der Waals surface area contributed by atoms with Gasteiger partial charge in [-0.05, 0) is 59.5 Å². The van der Waals surface area contributed by atoms with Gasteiger partial charge in [0.25, 0.3) is 0 Å². The van der Waals surface area contributed by atoms with Gasteiger partial charge in [0.15, 0.2) is 0 Å². The highest BCUT2D eigenvalue weighted by Crippen LogP contribution is 2.30. The molecule has 0 saturated carbocycles. The van der Waals surface area contributed by atoms with Crippen molar-refractivity contribution < 1.29 is 0 Å². The normalized spacial score (nSPS) is 10.6. The monoisotopic (exact) mass is 374 g/mol. The fraction of sp³-hybridized carbons (Fsp3) is 0.103. The molecule has 0 aliphatic heterocycles. The summed E-state index contributed by atoms with van der Waals surface area (Å²) < 4.78 is 0. The highest BCUT2D eigenvalue weighted by molar-refractivity contribution is 6.08. The van der Waals surface area contributed by atoms with Crippen molar-refractivity contribution in [2.45, 2.75) is 20.8 Å². The number of rotatable bonds is 1. The molecule has 0 aromatic heterocycles. The molecule has 0 heteroatoms. The Morgan fingerprint density at radius 1 is 0.379 bits per heavy atom. The van der Waals surface area contributed by atoms with Crippen LogP contribution in [0.3, 0.4) is 0 Å². The van der Waals surface area contributed by atoms with Crippen LogP contribution in [0.5, 0.6) is 0 Å². The van der Waals surface area contributed by atoms with E-state index in [1.54, 1.807) is 0 Å². The molecule has 0 amide bonds. The molecule has 5 rings (SSSR count). The molecule has 5 aromatic carbocycles. The standard InChI is InChI=1S/C22H18.C7H8/c1-15-3-6-17(7-4-15)18-10-12-22-20(14-18)9-8-19-13-16(2)5-11-21(19)22;1-7-5-3-2-4-6-7/h3-14H,1-2H3;2-6H,1H3. The molecule has 0 atom stereocenters. The van der Waals surface area contributed by atoms with Crippen molar-refractivity contribution >= 4 is 21.5 Å². The summed E-state index contributed by atoms with van der Waals surface area (Å²) in [6.07, 6.45) is 0. The highest BCUT2D eigenvalue weighted by Gasteiger charge is 2.03. The Morgan fingerprint density at radius 3 is 1.52 bits per heavy atom. The lowest BCUT2D eigenvalue weighted by Crippen LogP contribution is -1.82. The Kier molecular flexibility index (Phi) is 5.44. The molecule has 142 valence electrons. The van der Waals surface area contributed by atoms with E-state index in [1.165, 1.54) is 49.4 Å². The molecule has 0 spiro atoms. The summed E-state index contributed by atoms with van der Waals surface area (Å²) in [7, 11) is 0. The first-order chi connectivity index (χ1) is 14.1. The van der Waals surface area contributed by atoms with E-state index in [0.29, 0.717) is 0 Å². The van der Waals surface area contributed by atoms with Gasteiger partial charge in [0, 0.05) is 0 Å². The van der Waals surface area contributed by atoms with Crippen LogP contribution in [-0.2, 0) is 0 Å². The van der Waals surface area contributed by atoms with Crippen LogP contribution in [0.25, 0.3) is 32.7 Å². The number of aryl methyl sites for hydroxylation is 3. The van der Waals surface area contributed by atoms with Crippen LogP contribution in [0.2, 0.25) is 0 Å². The zero-order valence-electron chi connectivity index (χ0n) is 17.3. The van der Waals surface area contributed by atoms with Crippen LogP contribution in [0.15, 0.2) is 103 Å². The third-order valence-corrected chi connectivity index (χ3v) is 5.32. The fourth-order valence-corrected chi connectivity index (χ4v) is 3.65. The quantitative estimate of drug-likeness (QED) is 0.259. The van der Waals surface area contributed by atoms with Crippen LogP contribution in [0.1, 0.15) is 16.7 Å². The lowest BCUT2D eigenvalue weighted by Gasteiger charge is -2.08. The molecule has 0 aliphatic rings. The molecule has 0 N–H and O–H groups in total. The van der Waals surface area contributed by atoms with Gasteiger partial charge in [-0.2, -0.15) is 0 Å². The first-order valence-corrected chi connectivity index (χ1v) is 10.1. The van der Waals surface area contributed by atoms with Crippen LogP contribution >= 0.6 is 0 Å². The van der Waals surface area contributed by atoms with Crippen molar-refractivity contribution in [3.8, 4) is 11.1 Å². The Bertz CT molecular complexity index is 1250. The summed E-state index contributed by atoms with van der Waals surface area (Å²) in [4.78, 5) is 0. The molecule has 0 aliphatic carbocycles. The van der Waals surface area contributed by atoms with E-state index in [4.69, 9.17) is 0 Å². The van der Waals surface area contributed by atoms with Gasteiger partial charge in [-0.25, -0.2) is 0 Å². The number of hydrogen-bond donors (Lipinski definition) is 0. The third-order valence-electron chi connectivity index (χ3n) is 5.32. The number of fused-ring (bicyclic) bond motifs is 3. The smallest absolute Gasteiger partial charge is 0.0105 e. The minimum atomic E-state index is 1.27. The minimum Gasteiger partial charge on any atom is -0.0622 e. The molecule has 0 radical (unpaired) electrons. The summed E-state index contributed by atoms with van der Waals surface area (Å²) >= 11 is 0. The van der Waals surface area contributed by atoms with Crippen molar-refractivity contribution in [3.63, 3.8) is 0 Å². The minimum absolute atomic E-state index is 1.27. The summed E-state index contributed by atoms with van der Waals surface area (Å²) in [5.74, 6) is 0. The molecule has 0 heterocycles. The SMILES string of the molecule is Cc1ccc(-c2ccc3c(ccc4cc(C)ccc43)c2)cc1.Cc1ccccc1. The molecular formula is C29H26. The highest BCUT2D eigenvalue weighted by atomic mass is 14.1. The van der Waals surface area contributed by atoms with E-state index < -0.39 is 0 Å². The van der Waals surface area contributed by atoms with Gasteiger partial charge in [0.2, 0.25) is 0 Å². The van der Waals surface area contributed by atoms with Crippen molar-refractivity contribution in [2.24, 2.45) is 0 Å². The Labute approximate surface area is 173 Å². The second-order valence-corrected chi connectivity index (χ2v) is 7.75. The molecule has 5 aromatic rings. The average molecular weight is 375 g/mol. The van der Waals surface area contributed by atoms with E-state index >= 15 is 0 Å². The maximum atomic E-state index is 2.29. The molecular weight excluding hydrogens is 348 g/mol. The molecule has 0 fully saturated rings. The average Bonchev–Trinajstić information content (AvgIpc) is 2.74. The van der Waals surface area contributed by atoms with Gasteiger partial charge in [0.05, 0.1) is 0 Å². The van der Waals surface area contributed by atoms with E-state index in [0.717, 1.165) is 0 Å². The van der Waals surface area contributed by atoms with Gasteiger partial charge in [-0.15, -0.1) is 0 Å². The van der Waals surface area contributed by atoms with Gasteiger partial charge in [-0.1, -0.05) is 114 Å². The topological polar surface area (TPSA) is 0 Å². The molecule has 0 saturated heterocycles. The Morgan fingerprint density at radius 2 is 0.897 bits per heavy atom. The summed E-state index contributed by atoms with van der Waals surface area (Å²) in [5.41, 5.74) is 6.48. The van der Waals surface area contributed by atoms with Crippen LogP contribution in [-0.4, -0.2) is 0 Å². The van der Waals surface area contributed by atoms with E-state index in [9.17, 15) is 0 Å². The van der Waals surface area contributed by atoms with Gasteiger partial charge in [-0.3, -0.25) is 0 Å². The van der Waals surface area contributed by atoms with E-state index in [-0.39, 0.29) is 0 Å². The summed E-state index contributed by atoms with van der Waals surface area (Å²) in [6.45, 7) is 6.35. The summed E-state index contributed by atoms with van der Waals surface area (Å²) in [6, 6.07) is 36.9. The third kappa shape index (κ3) is 4.38. The van der Waals surface area contributed by atoms with Crippen molar-refractivity contribution in [2.75, 3.05) is 0 Å². The molecule has 0 bridgehead atoms. The van der Waals surface area contributed by atoms with Crippen molar-refractivity contribution in [3.05, 3.63) is 120 Å². The van der Waals surface area contributed by atoms with Gasteiger partial charge >= 0.3 is 0 Å². The number of benzene rings is 5. The number of hydrogen-bond acceptors (Lipinski definition) is 0. The molecule has 29 heavy (non-hydrogen) atoms. The van der Waals surface area contributed by atoms with Gasteiger partial charge in [0.1, 0.15) is 0 Å². The first-order valence-electron chi connectivity index (χ1n) is 10.1. The van der Waals surface area contributed by atoms with Crippen LogP contribution < -0.4 is 0 Å². The largest absolute Gasteiger partial charge is 0.0622 e. The predicted molar refractivity (Wildman–Crippen MR) is 128 cm³/mol. The Balaban J connectivity index is 0.000000249. The zero-order chi connectivity index (χ0) is 20.2. The Hall–Kier alpha value is -3.38. The van der Waals surface area contributed by atoms with E-state index in [2.05, 4.69) is 106 Å². The van der Waals surface area contributed by atoms with E-state index in [1.807, 2.05) is 18.2 Å². The van der Waals surface area contributed by atoms with Crippen LogP contribution in [0.4, 0.5) is 0 Å².